The second-order valence-electron chi connectivity index (χ2n) is 11.7. The number of β-amino-alcohol motifs (C(OH)–C–C–N with tert-alkyl or cyclic N) is 1. The number of imide groups is 1. The molecule has 2 fully saturated rings. The van der Waals surface area contributed by atoms with Crippen molar-refractivity contribution in [2.75, 3.05) is 50.8 Å². The summed E-state index contributed by atoms with van der Waals surface area (Å²) in [5.74, 6) is 0.166. The molecule has 1 N–H and O–H groups in total. The first kappa shape index (κ1) is 27.7. The average Bonchev–Trinajstić information content (AvgIpc) is 3.40. The van der Waals surface area contributed by atoms with Gasteiger partial charge in [0.1, 0.15) is 18.5 Å². The minimum Gasteiger partial charge on any atom is -0.491 e. The first-order valence-corrected chi connectivity index (χ1v) is 14.5. The summed E-state index contributed by atoms with van der Waals surface area (Å²) in [5.41, 5.74) is 2.76. The number of hydrogen-bond acceptors (Lipinski definition) is 8. The van der Waals surface area contributed by atoms with Crippen molar-refractivity contribution in [3.63, 3.8) is 0 Å². The molecule has 39 heavy (non-hydrogen) atoms. The number of aromatic nitrogens is 1. The number of aliphatic hydroxyl groups is 1. The molecule has 2 aliphatic rings. The van der Waals surface area contributed by atoms with E-state index in [1.807, 2.05) is 49.4 Å². The van der Waals surface area contributed by atoms with Gasteiger partial charge in [-0.1, -0.05) is 32.9 Å². The van der Waals surface area contributed by atoms with Crippen LogP contribution in [0.15, 0.2) is 42.5 Å². The first-order valence-electron chi connectivity index (χ1n) is 13.7. The number of rotatable bonds is 8. The Balaban J connectivity index is 1.07. The molecule has 9 heteroatoms. The van der Waals surface area contributed by atoms with E-state index in [4.69, 9.17) is 4.74 Å². The van der Waals surface area contributed by atoms with Gasteiger partial charge in [0.15, 0.2) is 0 Å². The molecular formula is C30H38N4O4S. The fraction of sp³-hybridized carbons (Fsp3) is 0.500. The topological polar surface area (TPSA) is 86.2 Å². The molecule has 8 nitrogen and oxygen atoms in total. The predicted molar refractivity (Wildman–Crippen MR) is 154 cm³/mol. The molecule has 3 heterocycles. The third kappa shape index (κ3) is 6.49. The van der Waals surface area contributed by atoms with Gasteiger partial charge in [0.2, 0.25) is 11.8 Å². The van der Waals surface area contributed by atoms with Crippen LogP contribution in [-0.4, -0.2) is 83.7 Å². The van der Waals surface area contributed by atoms with E-state index < -0.39 is 6.10 Å². The van der Waals surface area contributed by atoms with Gasteiger partial charge in [-0.05, 0) is 42.2 Å². The largest absolute Gasteiger partial charge is 0.491 e. The summed E-state index contributed by atoms with van der Waals surface area (Å²) in [6.07, 6.45) is -0.348. The van der Waals surface area contributed by atoms with Crippen LogP contribution in [0.2, 0.25) is 0 Å². The number of carbonyl (C=O) groups is 2. The molecule has 2 aliphatic heterocycles. The number of fused-ring (bicyclic) bond motifs is 1. The Bertz CT molecular complexity index is 1320. The van der Waals surface area contributed by atoms with Crippen LogP contribution in [0.3, 0.4) is 0 Å². The smallest absolute Gasteiger partial charge is 0.238 e. The van der Waals surface area contributed by atoms with Gasteiger partial charge in [-0.25, -0.2) is 4.98 Å². The number of nitrogens with zero attached hydrogens (tertiary/aromatic N) is 4. The fourth-order valence-electron chi connectivity index (χ4n) is 5.34. The minimum atomic E-state index is -0.600. The highest BCUT2D eigenvalue weighted by Crippen LogP contribution is 2.30. The number of ether oxygens (including phenoxy) is 1. The average molecular weight is 551 g/mol. The fourth-order valence-corrected chi connectivity index (χ4v) is 6.15. The number of piperazine rings is 1. The normalized spacial score (nSPS) is 20.2. The highest BCUT2D eigenvalue weighted by Gasteiger charge is 2.40. The maximum Gasteiger partial charge on any atom is 0.238 e. The standard InChI is InChI=1S/C30H38N4O4S/c1-20-31-26-16-25(9-10-27(26)39-20)38-19-24(35)18-33-13-11-32(12-14-33)17-21-15-28(36)34(29(21)37)23-7-5-22(6-8-23)30(2,3)4/h5-10,16,21,24,35H,11-15,17-19H2,1-4H3/t21?,24-/m1/s1. The van der Waals surface area contributed by atoms with Crippen LogP contribution in [0.4, 0.5) is 5.69 Å². The van der Waals surface area contributed by atoms with E-state index in [0.29, 0.717) is 24.5 Å². The van der Waals surface area contributed by atoms with Gasteiger partial charge in [-0.3, -0.25) is 24.3 Å². The summed E-state index contributed by atoms with van der Waals surface area (Å²) >= 11 is 1.65. The third-order valence-corrected chi connectivity index (χ3v) is 8.50. The van der Waals surface area contributed by atoms with Gasteiger partial charge >= 0.3 is 0 Å². The van der Waals surface area contributed by atoms with Gasteiger partial charge in [0, 0.05) is 51.8 Å². The van der Waals surface area contributed by atoms with E-state index in [0.717, 1.165) is 41.4 Å². The summed E-state index contributed by atoms with van der Waals surface area (Å²) in [6.45, 7) is 12.9. The summed E-state index contributed by atoms with van der Waals surface area (Å²) in [5, 5.41) is 11.6. The number of carbonyl (C=O) groups excluding carboxylic acids is 2. The molecule has 2 atom stereocenters. The molecule has 0 radical (unpaired) electrons. The maximum atomic E-state index is 13.2. The minimum absolute atomic E-state index is 0.0152. The van der Waals surface area contributed by atoms with Crippen molar-refractivity contribution in [3.8, 4) is 5.75 Å². The lowest BCUT2D eigenvalue weighted by molar-refractivity contribution is -0.122. The number of benzene rings is 2. The van der Waals surface area contributed by atoms with Crippen molar-refractivity contribution in [1.82, 2.24) is 14.8 Å². The molecule has 3 aromatic rings. The van der Waals surface area contributed by atoms with E-state index in [1.165, 1.54) is 10.5 Å². The zero-order valence-electron chi connectivity index (χ0n) is 23.2. The molecular weight excluding hydrogens is 512 g/mol. The van der Waals surface area contributed by atoms with Crippen molar-refractivity contribution in [2.24, 2.45) is 5.92 Å². The van der Waals surface area contributed by atoms with Gasteiger partial charge < -0.3 is 9.84 Å². The van der Waals surface area contributed by atoms with Crippen molar-refractivity contribution in [1.29, 1.82) is 0 Å². The molecule has 0 bridgehead atoms. The monoisotopic (exact) mass is 550 g/mol. The van der Waals surface area contributed by atoms with E-state index in [9.17, 15) is 14.7 Å². The molecule has 0 spiro atoms. The number of amides is 2. The van der Waals surface area contributed by atoms with Crippen LogP contribution in [0.25, 0.3) is 10.2 Å². The summed E-state index contributed by atoms with van der Waals surface area (Å²) in [7, 11) is 0. The Morgan fingerprint density at radius 1 is 1.05 bits per heavy atom. The SMILES string of the molecule is Cc1nc2cc(OC[C@H](O)CN3CCN(CC4CC(=O)N(c5ccc(C(C)(C)C)cc5)C4=O)CC3)ccc2s1. The molecule has 2 amide bonds. The quantitative estimate of drug-likeness (QED) is 0.427. The van der Waals surface area contributed by atoms with Crippen molar-refractivity contribution >= 4 is 39.1 Å². The van der Waals surface area contributed by atoms with Crippen LogP contribution in [-0.2, 0) is 15.0 Å². The van der Waals surface area contributed by atoms with Crippen molar-refractivity contribution < 1.29 is 19.4 Å². The second kappa shape index (κ2) is 11.3. The Morgan fingerprint density at radius 3 is 2.44 bits per heavy atom. The van der Waals surface area contributed by atoms with Gasteiger partial charge in [-0.15, -0.1) is 11.3 Å². The lowest BCUT2D eigenvalue weighted by atomic mass is 9.87. The molecule has 2 aromatic carbocycles. The Hall–Kier alpha value is -2.85. The number of aliphatic hydroxyl groups excluding tert-OH is 1. The van der Waals surface area contributed by atoms with Gasteiger partial charge in [0.25, 0.3) is 0 Å². The predicted octanol–water partition coefficient (Wildman–Crippen LogP) is 3.84. The molecule has 0 saturated carbocycles. The Kier molecular flexibility index (Phi) is 8.05. The van der Waals surface area contributed by atoms with Crippen LogP contribution in [0, 0.1) is 12.8 Å². The zero-order valence-corrected chi connectivity index (χ0v) is 24.0. The number of thiazole rings is 1. The summed E-state index contributed by atoms with van der Waals surface area (Å²) in [6, 6.07) is 13.6. The highest BCUT2D eigenvalue weighted by atomic mass is 32.1. The second-order valence-corrected chi connectivity index (χ2v) is 12.9. The van der Waals surface area contributed by atoms with Crippen LogP contribution in [0.5, 0.6) is 5.75 Å². The van der Waals surface area contributed by atoms with Gasteiger partial charge in [-0.2, -0.15) is 0 Å². The van der Waals surface area contributed by atoms with Crippen molar-refractivity contribution in [3.05, 3.63) is 53.0 Å². The van der Waals surface area contributed by atoms with Crippen LogP contribution >= 0.6 is 11.3 Å². The lowest BCUT2D eigenvalue weighted by Crippen LogP contribution is -2.50. The number of hydrogen-bond donors (Lipinski definition) is 1. The maximum absolute atomic E-state index is 13.2. The summed E-state index contributed by atoms with van der Waals surface area (Å²) in [4.78, 5) is 36.3. The number of anilines is 1. The third-order valence-electron chi connectivity index (χ3n) is 7.55. The lowest BCUT2D eigenvalue weighted by Gasteiger charge is -2.36. The zero-order chi connectivity index (χ0) is 27.7. The van der Waals surface area contributed by atoms with Crippen LogP contribution in [0.1, 0.15) is 37.8 Å². The molecule has 208 valence electrons. The Morgan fingerprint density at radius 2 is 1.74 bits per heavy atom. The van der Waals surface area contributed by atoms with Crippen molar-refractivity contribution in [2.45, 2.75) is 45.6 Å². The molecule has 0 aliphatic carbocycles. The van der Waals surface area contributed by atoms with E-state index in [2.05, 4.69) is 35.6 Å². The number of aryl methyl sites for hydroxylation is 1. The highest BCUT2D eigenvalue weighted by molar-refractivity contribution is 7.18. The molecule has 1 unspecified atom stereocenters. The first-order chi connectivity index (χ1) is 18.6. The molecule has 1 aromatic heterocycles. The molecule has 2 saturated heterocycles. The van der Waals surface area contributed by atoms with E-state index >= 15 is 0 Å². The van der Waals surface area contributed by atoms with Crippen LogP contribution < -0.4 is 9.64 Å². The van der Waals surface area contributed by atoms with E-state index in [1.54, 1.807) is 11.3 Å². The molecule has 5 rings (SSSR count). The Labute approximate surface area is 234 Å². The van der Waals surface area contributed by atoms with E-state index in [-0.39, 0.29) is 36.2 Å². The van der Waals surface area contributed by atoms with Gasteiger partial charge in [0.05, 0.1) is 26.8 Å². The summed E-state index contributed by atoms with van der Waals surface area (Å²) < 4.78 is 6.96.